The number of halogens is 2. The van der Waals surface area contributed by atoms with Gasteiger partial charge in [-0.05, 0) is 12.8 Å². The van der Waals surface area contributed by atoms with Gasteiger partial charge in [0.1, 0.15) is 5.82 Å². The van der Waals surface area contributed by atoms with Crippen molar-refractivity contribution in [2.24, 2.45) is 5.73 Å². The summed E-state index contributed by atoms with van der Waals surface area (Å²) in [6, 6.07) is 1.49. The molecule has 0 spiro atoms. The van der Waals surface area contributed by atoms with E-state index in [4.69, 9.17) is 26.8 Å². The molecule has 0 radical (unpaired) electrons. The monoisotopic (exact) mass is 271 g/mol. The Hall–Kier alpha value is -1.00. The number of ether oxygens (including phenoxy) is 2. The minimum absolute atomic E-state index is 0.0778. The van der Waals surface area contributed by atoms with Crippen LogP contribution in [0.5, 0.6) is 11.5 Å². The van der Waals surface area contributed by atoms with E-state index in [2.05, 4.69) is 0 Å². The van der Waals surface area contributed by atoms with Crippen molar-refractivity contribution in [2.75, 3.05) is 19.8 Å². The lowest BCUT2D eigenvalue weighted by Crippen LogP contribution is -2.22. The van der Waals surface area contributed by atoms with Crippen molar-refractivity contribution < 1.29 is 13.9 Å². The molecule has 1 heterocycles. The smallest absolute Gasteiger partial charge is 0.167 e. The standard InChI is InChI=1S/C13H15ClFNO2/c14-8-6-9-12(18-5-1-4-17-9)10(11(8)15)13(7-16)2-3-13/h6H,1-5,7,16H2. The van der Waals surface area contributed by atoms with Gasteiger partial charge in [0.2, 0.25) is 0 Å². The van der Waals surface area contributed by atoms with Gasteiger partial charge in [0, 0.05) is 30.0 Å². The summed E-state index contributed by atoms with van der Waals surface area (Å²) in [5, 5.41) is 0.0778. The first-order chi connectivity index (χ1) is 8.68. The van der Waals surface area contributed by atoms with Crippen LogP contribution in [0.1, 0.15) is 24.8 Å². The summed E-state index contributed by atoms with van der Waals surface area (Å²) in [6.45, 7) is 1.49. The number of hydrogen-bond donors (Lipinski definition) is 1. The van der Waals surface area contributed by atoms with E-state index in [9.17, 15) is 4.39 Å². The maximum absolute atomic E-state index is 14.3. The van der Waals surface area contributed by atoms with Gasteiger partial charge in [0.05, 0.1) is 18.2 Å². The Bertz CT molecular complexity index is 488. The average Bonchev–Trinajstić information content (AvgIpc) is 3.15. The molecule has 0 saturated heterocycles. The number of rotatable bonds is 2. The molecule has 1 aliphatic carbocycles. The van der Waals surface area contributed by atoms with Gasteiger partial charge in [0.25, 0.3) is 0 Å². The molecule has 2 N–H and O–H groups in total. The van der Waals surface area contributed by atoms with Crippen molar-refractivity contribution in [1.29, 1.82) is 0 Å². The summed E-state index contributed by atoms with van der Waals surface area (Å²) in [5.74, 6) is 0.620. The number of fused-ring (bicyclic) bond motifs is 1. The molecule has 1 fully saturated rings. The highest BCUT2D eigenvalue weighted by molar-refractivity contribution is 6.31. The number of nitrogens with two attached hydrogens (primary N) is 1. The molecule has 0 unspecified atom stereocenters. The normalized spacial score (nSPS) is 20.4. The zero-order chi connectivity index (χ0) is 12.8. The van der Waals surface area contributed by atoms with Crippen LogP contribution in [-0.4, -0.2) is 19.8 Å². The van der Waals surface area contributed by atoms with E-state index >= 15 is 0 Å². The summed E-state index contributed by atoms with van der Waals surface area (Å²) < 4.78 is 25.6. The van der Waals surface area contributed by atoms with Gasteiger partial charge in [0.15, 0.2) is 11.5 Å². The van der Waals surface area contributed by atoms with Crippen molar-refractivity contribution in [2.45, 2.75) is 24.7 Å². The van der Waals surface area contributed by atoms with Crippen LogP contribution in [0.25, 0.3) is 0 Å². The van der Waals surface area contributed by atoms with Gasteiger partial charge in [-0.15, -0.1) is 0 Å². The number of benzene rings is 1. The molecule has 2 aliphatic rings. The minimum Gasteiger partial charge on any atom is -0.489 e. The third-order valence-corrected chi connectivity index (χ3v) is 3.98. The molecule has 0 bridgehead atoms. The zero-order valence-electron chi connectivity index (χ0n) is 9.97. The molecule has 0 aromatic heterocycles. The lowest BCUT2D eigenvalue weighted by molar-refractivity contribution is 0.295. The second-order valence-corrected chi connectivity index (χ2v) is 5.32. The quantitative estimate of drug-likeness (QED) is 0.899. The summed E-state index contributed by atoms with van der Waals surface area (Å²) >= 11 is 5.94. The van der Waals surface area contributed by atoms with Crippen molar-refractivity contribution >= 4 is 11.6 Å². The molecule has 1 aromatic rings. The highest BCUT2D eigenvalue weighted by Crippen LogP contribution is 2.55. The molecule has 1 aromatic carbocycles. The van der Waals surface area contributed by atoms with Gasteiger partial charge in [-0.25, -0.2) is 4.39 Å². The second-order valence-electron chi connectivity index (χ2n) is 4.91. The van der Waals surface area contributed by atoms with Crippen LogP contribution in [-0.2, 0) is 5.41 Å². The van der Waals surface area contributed by atoms with Crippen LogP contribution < -0.4 is 15.2 Å². The van der Waals surface area contributed by atoms with Gasteiger partial charge in [-0.3, -0.25) is 0 Å². The first-order valence-corrected chi connectivity index (χ1v) is 6.54. The maximum atomic E-state index is 14.3. The largest absolute Gasteiger partial charge is 0.489 e. The second kappa shape index (κ2) is 4.28. The Labute approximate surface area is 110 Å². The zero-order valence-corrected chi connectivity index (χ0v) is 10.7. The summed E-state index contributed by atoms with van der Waals surface area (Å²) in [5.41, 5.74) is 5.98. The number of hydrogen-bond acceptors (Lipinski definition) is 3. The van der Waals surface area contributed by atoms with Crippen LogP contribution in [0.4, 0.5) is 4.39 Å². The Balaban J connectivity index is 2.19. The van der Waals surface area contributed by atoms with Gasteiger partial charge >= 0.3 is 0 Å². The minimum atomic E-state index is -0.413. The van der Waals surface area contributed by atoms with Gasteiger partial charge in [-0.2, -0.15) is 0 Å². The molecule has 3 rings (SSSR count). The Morgan fingerprint density at radius 1 is 1.33 bits per heavy atom. The molecule has 0 amide bonds. The van der Waals surface area contributed by atoms with Crippen LogP contribution in [0, 0.1) is 5.82 Å². The van der Waals surface area contributed by atoms with E-state index in [1.54, 1.807) is 0 Å². The molecule has 98 valence electrons. The summed E-state index contributed by atoms with van der Waals surface area (Å²) in [4.78, 5) is 0. The van der Waals surface area contributed by atoms with E-state index in [0.717, 1.165) is 19.3 Å². The van der Waals surface area contributed by atoms with Crippen LogP contribution >= 0.6 is 11.6 Å². The summed E-state index contributed by atoms with van der Waals surface area (Å²) in [7, 11) is 0. The molecule has 5 heteroatoms. The topological polar surface area (TPSA) is 44.5 Å². The van der Waals surface area contributed by atoms with Crippen molar-refractivity contribution in [3.63, 3.8) is 0 Å². The van der Waals surface area contributed by atoms with Crippen molar-refractivity contribution in [3.05, 3.63) is 22.5 Å². The molecule has 0 atom stereocenters. The van der Waals surface area contributed by atoms with Crippen molar-refractivity contribution in [3.8, 4) is 11.5 Å². The SMILES string of the molecule is NCC1(c2c(F)c(Cl)cc3c2OCCCO3)CC1. The van der Waals surface area contributed by atoms with E-state index in [-0.39, 0.29) is 10.4 Å². The lowest BCUT2D eigenvalue weighted by atomic mass is 9.94. The highest BCUT2D eigenvalue weighted by Gasteiger charge is 2.48. The molecular weight excluding hydrogens is 257 g/mol. The van der Waals surface area contributed by atoms with E-state index in [0.29, 0.717) is 36.8 Å². The molecule has 18 heavy (non-hydrogen) atoms. The summed E-state index contributed by atoms with van der Waals surface area (Å²) in [6.07, 6.45) is 2.52. The molecule has 1 saturated carbocycles. The Kier molecular flexibility index (Phi) is 2.87. The predicted octanol–water partition coefficient (Wildman–Crippen LogP) is 2.63. The first kappa shape index (κ1) is 12.1. The Morgan fingerprint density at radius 2 is 2.06 bits per heavy atom. The van der Waals surface area contributed by atoms with E-state index in [1.165, 1.54) is 6.07 Å². The predicted molar refractivity (Wildman–Crippen MR) is 67.0 cm³/mol. The first-order valence-electron chi connectivity index (χ1n) is 6.16. The van der Waals surface area contributed by atoms with Gasteiger partial charge in [-0.1, -0.05) is 11.6 Å². The molecular formula is C13H15ClFNO2. The fourth-order valence-corrected chi connectivity index (χ4v) is 2.63. The third kappa shape index (κ3) is 1.75. The van der Waals surface area contributed by atoms with Crippen LogP contribution in [0.2, 0.25) is 5.02 Å². The molecule has 1 aliphatic heterocycles. The molecule has 3 nitrogen and oxygen atoms in total. The van der Waals surface area contributed by atoms with E-state index in [1.807, 2.05) is 0 Å². The third-order valence-electron chi connectivity index (χ3n) is 3.71. The van der Waals surface area contributed by atoms with Crippen LogP contribution in [0.15, 0.2) is 6.07 Å². The lowest BCUT2D eigenvalue weighted by Gasteiger charge is -2.20. The average molecular weight is 272 g/mol. The van der Waals surface area contributed by atoms with E-state index < -0.39 is 5.82 Å². The highest BCUT2D eigenvalue weighted by atomic mass is 35.5. The van der Waals surface area contributed by atoms with Crippen molar-refractivity contribution in [1.82, 2.24) is 0 Å². The maximum Gasteiger partial charge on any atom is 0.167 e. The van der Waals surface area contributed by atoms with Crippen LogP contribution in [0.3, 0.4) is 0 Å². The fourth-order valence-electron chi connectivity index (χ4n) is 2.43. The van der Waals surface area contributed by atoms with Gasteiger partial charge < -0.3 is 15.2 Å². The Morgan fingerprint density at radius 3 is 2.72 bits per heavy atom. The fraction of sp³-hybridized carbons (Fsp3) is 0.538.